The van der Waals surface area contributed by atoms with Crippen LogP contribution in [0.15, 0.2) is 53.1 Å². The van der Waals surface area contributed by atoms with Crippen LogP contribution in [0.4, 0.5) is 5.82 Å². The normalized spacial score (nSPS) is 11.8. The van der Waals surface area contributed by atoms with Crippen molar-refractivity contribution in [2.75, 3.05) is 31.7 Å². The molecule has 6 nitrogen and oxygen atoms in total. The minimum Gasteiger partial charge on any atom is -0.459 e. The average molecular weight is 355 g/mol. The van der Waals surface area contributed by atoms with Gasteiger partial charge in [0.15, 0.2) is 0 Å². The lowest BCUT2D eigenvalue weighted by Gasteiger charge is -2.21. The number of anilines is 1. The standard InChI is InChI=1S/C20H25N3O3/c1-23(19-6-2-3-9-22-19)10-4-5-15-7-8-17-16(11-15)12-18(26-17)20(21,13-24)14-25/h2-3,6-9,11-12,24-25H,4-5,10,13-14,21H2,1H3. The van der Waals surface area contributed by atoms with Crippen LogP contribution >= 0.6 is 0 Å². The van der Waals surface area contributed by atoms with Crippen LogP contribution in [0.5, 0.6) is 0 Å². The van der Waals surface area contributed by atoms with Gasteiger partial charge in [-0.1, -0.05) is 12.1 Å². The monoisotopic (exact) mass is 355 g/mol. The van der Waals surface area contributed by atoms with E-state index < -0.39 is 5.54 Å². The number of pyridine rings is 1. The number of furan rings is 1. The van der Waals surface area contributed by atoms with Crippen molar-refractivity contribution in [2.24, 2.45) is 5.73 Å². The van der Waals surface area contributed by atoms with E-state index in [1.165, 1.54) is 5.56 Å². The molecule has 138 valence electrons. The SMILES string of the molecule is CN(CCCc1ccc2oc(C(N)(CO)CO)cc2c1)c1ccccn1. The molecule has 0 aliphatic carbocycles. The fourth-order valence-electron chi connectivity index (χ4n) is 2.91. The van der Waals surface area contributed by atoms with Gasteiger partial charge in [0.05, 0.1) is 13.2 Å². The Hall–Kier alpha value is -2.41. The predicted octanol–water partition coefficient (Wildman–Crippen LogP) is 2.04. The van der Waals surface area contributed by atoms with Crippen molar-refractivity contribution in [3.8, 4) is 0 Å². The number of hydrogen-bond donors (Lipinski definition) is 3. The molecule has 0 atom stereocenters. The van der Waals surface area contributed by atoms with Gasteiger partial charge in [0.25, 0.3) is 0 Å². The summed E-state index contributed by atoms with van der Waals surface area (Å²) in [5.41, 5.74) is 6.63. The van der Waals surface area contributed by atoms with E-state index in [1.807, 2.05) is 37.4 Å². The molecule has 3 aromatic rings. The molecule has 26 heavy (non-hydrogen) atoms. The van der Waals surface area contributed by atoms with Crippen LogP contribution in [0.2, 0.25) is 0 Å². The van der Waals surface area contributed by atoms with Crippen molar-refractivity contribution < 1.29 is 14.6 Å². The van der Waals surface area contributed by atoms with Crippen LogP contribution in [-0.2, 0) is 12.0 Å². The minimum atomic E-state index is -1.26. The lowest BCUT2D eigenvalue weighted by molar-refractivity contribution is 0.105. The molecule has 0 aliphatic heterocycles. The molecule has 0 fully saturated rings. The van der Waals surface area contributed by atoms with E-state index in [2.05, 4.69) is 16.0 Å². The Morgan fingerprint density at radius 2 is 1.96 bits per heavy atom. The molecule has 0 bridgehead atoms. The lowest BCUT2D eigenvalue weighted by atomic mass is 9.99. The average Bonchev–Trinajstić information content (AvgIpc) is 3.12. The second-order valence-corrected chi connectivity index (χ2v) is 6.67. The smallest absolute Gasteiger partial charge is 0.134 e. The highest BCUT2D eigenvalue weighted by molar-refractivity contribution is 5.79. The summed E-state index contributed by atoms with van der Waals surface area (Å²) in [5, 5.41) is 19.8. The first-order valence-electron chi connectivity index (χ1n) is 8.71. The van der Waals surface area contributed by atoms with Gasteiger partial charge in [-0.25, -0.2) is 4.98 Å². The van der Waals surface area contributed by atoms with Gasteiger partial charge in [-0.15, -0.1) is 0 Å². The number of nitrogens with zero attached hydrogens (tertiary/aromatic N) is 2. The number of aliphatic hydroxyl groups is 2. The molecule has 3 rings (SSSR count). The first kappa shape index (κ1) is 18.4. The molecular formula is C20H25N3O3. The van der Waals surface area contributed by atoms with Crippen LogP contribution in [0.3, 0.4) is 0 Å². The van der Waals surface area contributed by atoms with Crippen LogP contribution in [0, 0.1) is 0 Å². The summed E-state index contributed by atoms with van der Waals surface area (Å²) in [6.07, 6.45) is 3.73. The fraction of sp³-hybridized carbons (Fsp3) is 0.350. The number of aromatic nitrogens is 1. The zero-order valence-corrected chi connectivity index (χ0v) is 14.9. The zero-order valence-electron chi connectivity index (χ0n) is 14.9. The Morgan fingerprint density at radius 3 is 2.65 bits per heavy atom. The van der Waals surface area contributed by atoms with Gasteiger partial charge in [-0.05, 0) is 48.7 Å². The molecule has 0 saturated heterocycles. The summed E-state index contributed by atoms with van der Waals surface area (Å²) in [6.45, 7) is 0.151. The highest BCUT2D eigenvalue weighted by Crippen LogP contribution is 2.27. The van der Waals surface area contributed by atoms with E-state index in [0.29, 0.717) is 11.3 Å². The first-order valence-corrected chi connectivity index (χ1v) is 8.71. The van der Waals surface area contributed by atoms with Gasteiger partial charge in [0, 0.05) is 25.2 Å². The molecular weight excluding hydrogens is 330 g/mol. The van der Waals surface area contributed by atoms with Gasteiger partial charge >= 0.3 is 0 Å². The zero-order chi connectivity index (χ0) is 18.6. The van der Waals surface area contributed by atoms with Gasteiger partial charge in [-0.2, -0.15) is 0 Å². The molecule has 4 N–H and O–H groups in total. The summed E-state index contributed by atoms with van der Waals surface area (Å²) < 4.78 is 5.71. The van der Waals surface area contributed by atoms with Crippen molar-refractivity contribution in [1.29, 1.82) is 0 Å². The van der Waals surface area contributed by atoms with Gasteiger partial charge in [0.2, 0.25) is 0 Å². The number of rotatable bonds is 8. The molecule has 1 aromatic carbocycles. The lowest BCUT2D eigenvalue weighted by Crippen LogP contribution is -2.43. The molecule has 0 aliphatic rings. The Kier molecular flexibility index (Phi) is 5.56. The second kappa shape index (κ2) is 7.86. The van der Waals surface area contributed by atoms with Crippen LogP contribution in [0.25, 0.3) is 11.0 Å². The molecule has 0 saturated carbocycles. The number of aryl methyl sites for hydroxylation is 1. The van der Waals surface area contributed by atoms with Gasteiger partial charge < -0.3 is 25.3 Å². The largest absolute Gasteiger partial charge is 0.459 e. The topological polar surface area (TPSA) is 95.8 Å². The summed E-state index contributed by atoms with van der Waals surface area (Å²) in [4.78, 5) is 6.49. The third kappa shape index (κ3) is 3.88. The quantitative estimate of drug-likeness (QED) is 0.572. The maximum absolute atomic E-state index is 9.43. The van der Waals surface area contributed by atoms with Crippen LogP contribution in [0.1, 0.15) is 17.7 Å². The number of aliphatic hydroxyl groups excluding tert-OH is 2. The predicted molar refractivity (Wildman–Crippen MR) is 102 cm³/mol. The minimum absolute atomic E-state index is 0.379. The molecule has 0 spiro atoms. The maximum Gasteiger partial charge on any atom is 0.134 e. The van der Waals surface area contributed by atoms with Gasteiger partial charge in [0.1, 0.15) is 22.7 Å². The molecule has 0 amide bonds. The van der Waals surface area contributed by atoms with Crippen molar-refractivity contribution >= 4 is 16.8 Å². The Balaban J connectivity index is 1.66. The Bertz CT molecular complexity index is 844. The van der Waals surface area contributed by atoms with E-state index >= 15 is 0 Å². The molecule has 0 unspecified atom stereocenters. The molecule has 6 heteroatoms. The van der Waals surface area contributed by atoms with E-state index in [9.17, 15) is 10.2 Å². The Morgan fingerprint density at radius 1 is 1.15 bits per heavy atom. The van der Waals surface area contributed by atoms with Crippen molar-refractivity contribution in [2.45, 2.75) is 18.4 Å². The van der Waals surface area contributed by atoms with Crippen LogP contribution < -0.4 is 10.6 Å². The highest BCUT2D eigenvalue weighted by atomic mass is 16.3. The van der Waals surface area contributed by atoms with E-state index in [-0.39, 0.29) is 13.2 Å². The summed E-state index contributed by atoms with van der Waals surface area (Å²) >= 11 is 0. The summed E-state index contributed by atoms with van der Waals surface area (Å²) in [5.74, 6) is 1.36. The van der Waals surface area contributed by atoms with Crippen molar-refractivity contribution in [1.82, 2.24) is 4.98 Å². The molecule has 2 heterocycles. The van der Waals surface area contributed by atoms with Gasteiger partial charge in [-0.3, -0.25) is 0 Å². The maximum atomic E-state index is 9.43. The van der Waals surface area contributed by atoms with E-state index in [1.54, 1.807) is 12.3 Å². The highest BCUT2D eigenvalue weighted by Gasteiger charge is 2.29. The number of fused-ring (bicyclic) bond motifs is 1. The second-order valence-electron chi connectivity index (χ2n) is 6.67. The number of hydrogen-bond acceptors (Lipinski definition) is 6. The van der Waals surface area contributed by atoms with Crippen molar-refractivity contribution in [3.63, 3.8) is 0 Å². The molecule has 0 radical (unpaired) electrons. The fourth-order valence-corrected chi connectivity index (χ4v) is 2.91. The third-order valence-corrected chi connectivity index (χ3v) is 4.64. The number of nitrogens with two attached hydrogens (primary N) is 1. The first-order chi connectivity index (χ1) is 12.6. The van der Waals surface area contributed by atoms with E-state index in [4.69, 9.17) is 10.2 Å². The summed E-state index contributed by atoms with van der Waals surface area (Å²) in [6, 6.07) is 13.7. The Labute approximate surface area is 152 Å². The van der Waals surface area contributed by atoms with Crippen LogP contribution in [-0.4, -0.2) is 42.0 Å². The molecule has 2 aromatic heterocycles. The number of benzene rings is 1. The van der Waals surface area contributed by atoms with E-state index in [0.717, 1.165) is 30.6 Å². The summed E-state index contributed by atoms with van der Waals surface area (Å²) in [7, 11) is 2.04. The van der Waals surface area contributed by atoms with Crippen molar-refractivity contribution in [3.05, 3.63) is 60.0 Å². The third-order valence-electron chi connectivity index (χ3n) is 4.64.